The predicted molar refractivity (Wildman–Crippen MR) is 89.0 cm³/mol. The van der Waals surface area contributed by atoms with E-state index in [0.29, 0.717) is 0 Å². The topological polar surface area (TPSA) is 55.6 Å². The van der Waals surface area contributed by atoms with Crippen molar-refractivity contribution in [1.29, 1.82) is 0 Å². The zero-order chi connectivity index (χ0) is 16.0. The Balaban J connectivity index is 1.79. The molecular formula is C18H28N2O2. The Kier molecular flexibility index (Phi) is 5.83. The summed E-state index contributed by atoms with van der Waals surface area (Å²) in [5, 5.41) is 0. The second kappa shape index (κ2) is 7.63. The second-order valence-electron chi connectivity index (χ2n) is 6.40. The summed E-state index contributed by atoms with van der Waals surface area (Å²) in [7, 11) is 3.54. The van der Waals surface area contributed by atoms with E-state index in [1.54, 1.807) is 7.11 Å². The van der Waals surface area contributed by atoms with Crippen molar-refractivity contribution in [2.45, 2.75) is 50.5 Å². The van der Waals surface area contributed by atoms with Crippen LogP contribution in [0.25, 0.3) is 0 Å². The van der Waals surface area contributed by atoms with E-state index >= 15 is 0 Å². The van der Waals surface area contributed by atoms with Gasteiger partial charge in [-0.05, 0) is 43.4 Å². The smallest absolute Gasteiger partial charge is 0.242 e. The zero-order valence-electron chi connectivity index (χ0n) is 13.8. The molecule has 0 radical (unpaired) electrons. The molecule has 0 spiro atoms. The maximum absolute atomic E-state index is 12.5. The van der Waals surface area contributed by atoms with Crippen molar-refractivity contribution < 1.29 is 9.53 Å². The minimum Gasteiger partial charge on any atom is -0.497 e. The van der Waals surface area contributed by atoms with Crippen molar-refractivity contribution in [3.8, 4) is 5.75 Å². The molecule has 0 heterocycles. The van der Waals surface area contributed by atoms with Crippen molar-refractivity contribution in [1.82, 2.24) is 4.90 Å². The largest absolute Gasteiger partial charge is 0.497 e. The Bertz CT molecular complexity index is 478. The van der Waals surface area contributed by atoms with Gasteiger partial charge in [-0.2, -0.15) is 0 Å². The Morgan fingerprint density at radius 1 is 1.23 bits per heavy atom. The summed E-state index contributed by atoms with van der Waals surface area (Å²) in [5.74, 6) is 0.986. The molecule has 4 nitrogen and oxygen atoms in total. The van der Waals surface area contributed by atoms with Crippen molar-refractivity contribution in [3.05, 3.63) is 29.8 Å². The summed E-state index contributed by atoms with van der Waals surface area (Å²) in [5.41, 5.74) is 6.96. The third-order valence-electron chi connectivity index (χ3n) is 4.64. The van der Waals surface area contributed by atoms with Crippen molar-refractivity contribution in [3.63, 3.8) is 0 Å². The number of nitrogens with zero attached hydrogens (tertiary/aromatic N) is 1. The number of hydrogen-bond acceptors (Lipinski definition) is 3. The molecule has 2 N–H and O–H groups in total. The zero-order valence-corrected chi connectivity index (χ0v) is 13.8. The van der Waals surface area contributed by atoms with Gasteiger partial charge >= 0.3 is 0 Å². The highest BCUT2D eigenvalue weighted by Crippen LogP contribution is 2.27. The number of likely N-dealkylation sites (N-methyl/N-ethyl adjacent to an activating group) is 1. The maximum atomic E-state index is 12.5. The van der Waals surface area contributed by atoms with Crippen LogP contribution in [0.1, 0.15) is 44.1 Å². The third kappa shape index (κ3) is 4.23. The summed E-state index contributed by atoms with van der Waals surface area (Å²) in [6.07, 6.45) is 6.91. The highest BCUT2D eigenvalue weighted by Gasteiger charge is 2.36. The Morgan fingerprint density at radius 2 is 1.86 bits per heavy atom. The SMILES string of the molecule is COc1ccc(CCCN(C)C(=O)C2(N)CCCCC2)cc1. The fourth-order valence-corrected chi connectivity index (χ4v) is 3.19. The number of ether oxygens (including phenoxy) is 1. The van der Waals surface area contributed by atoms with Gasteiger partial charge < -0.3 is 15.4 Å². The number of methoxy groups -OCH3 is 1. The Labute approximate surface area is 133 Å². The number of carbonyl (C=O) groups is 1. The molecule has 1 aliphatic carbocycles. The molecule has 122 valence electrons. The molecule has 0 aliphatic heterocycles. The molecule has 1 amide bonds. The molecule has 1 fully saturated rings. The van der Waals surface area contributed by atoms with E-state index in [2.05, 4.69) is 12.1 Å². The third-order valence-corrected chi connectivity index (χ3v) is 4.64. The van der Waals surface area contributed by atoms with E-state index in [0.717, 1.165) is 50.8 Å². The molecule has 0 unspecified atom stereocenters. The molecule has 0 saturated heterocycles. The van der Waals surface area contributed by atoms with E-state index in [4.69, 9.17) is 10.5 Å². The first-order valence-electron chi connectivity index (χ1n) is 8.22. The van der Waals surface area contributed by atoms with Crippen LogP contribution in [0.2, 0.25) is 0 Å². The number of aryl methyl sites for hydroxylation is 1. The van der Waals surface area contributed by atoms with E-state index in [-0.39, 0.29) is 5.91 Å². The lowest BCUT2D eigenvalue weighted by atomic mass is 9.81. The van der Waals surface area contributed by atoms with Crippen LogP contribution < -0.4 is 10.5 Å². The number of nitrogens with two attached hydrogens (primary N) is 1. The lowest BCUT2D eigenvalue weighted by molar-refractivity contribution is -0.136. The summed E-state index contributed by atoms with van der Waals surface area (Å²) in [6, 6.07) is 8.10. The first-order valence-corrected chi connectivity index (χ1v) is 8.22. The van der Waals surface area contributed by atoms with Gasteiger partial charge in [-0.25, -0.2) is 0 Å². The monoisotopic (exact) mass is 304 g/mol. The van der Waals surface area contributed by atoms with E-state index in [9.17, 15) is 4.79 Å². The standard InChI is InChI=1S/C18H28N2O2/c1-20(17(21)18(19)12-4-3-5-13-18)14-6-7-15-8-10-16(22-2)11-9-15/h8-11H,3-7,12-14,19H2,1-2H3. The van der Waals surface area contributed by atoms with E-state index in [1.807, 2.05) is 24.1 Å². The van der Waals surface area contributed by atoms with E-state index < -0.39 is 5.54 Å². The van der Waals surface area contributed by atoms with Crippen molar-refractivity contribution in [2.24, 2.45) is 5.73 Å². The van der Waals surface area contributed by atoms with Crippen LogP contribution in [0, 0.1) is 0 Å². The molecule has 22 heavy (non-hydrogen) atoms. The van der Waals surface area contributed by atoms with Crippen LogP contribution in [-0.2, 0) is 11.2 Å². The Morgan fingerprint density at radius 3 is 2.45 bits per heavy atom. The molecule has 2 rings (SSSR count). The van der Waals surface area contributed by atoms with Crippen LogP contribution in [0.15, 0.2) is 24.3 Å². The molecule has 1 saturated carbocycles. The minimum absolute atomic E-state index is 0.113. The van der Waals surface area contributed by atoms with Gasteiger partial charge in [0.15, 0.2) is 0 Å². The normalized spacial score (nSPS) is 17.0. The summed E-state index contributed by atoms with van der Waals surface area (Å²) in [4.78, 5) is 14.3. The minimum atomic E-state index is -0.618. The van der Waals surface area contributed by atoms with Crippen LogP contribution in [0.4, 0.5) is 0 Å². The lowest BCUT2D eigenvalue weighted by Gasteiger charge is -2.35. The van der Waals surface area contributed by atoms with Crippen LogP contribution in [0.5, 0.6) is 5.75 Å². The molecule has 4 heteroatoms. The molecule has 1 aromatic carbocycles. The number of hydrogen-bond donors (Lipinski definition) is 1. The van der Waals surface area contributed by atoms with Gasteiger partial charge in [0.25, 0.3) is 0 Å². The molecule has 0 atom stereocenters. The van der Waals surface area contributed by atoms with Gasteiger partial charge in [0.1, 0.15) is 5.75 Å². The van der Waals surface area contributed by atoms with Crippen LogP contribution in [0.3, 0.4) is 0 Å². The fraction of sp³-hybridized carbons (Fsp3) is 0.611. The molecule has 0 bridgehead atoms. The lowest BCUT2D eigenvalue weighted by Crippen LogP contribution is -2.55. The summed E-state index contributed by atoms with van der Waals surface area (Å²) >= 11 is 0. The fourth-order valence-electron chi connectivity index (χ4n) is 3.19. The first-order chi connectivity index (χ1) is 10.5. The van der Waals surface area contributed by atoms with Crippen molar-refractivity contribution in [2.75, 3.05) is 20.7 Å². The summed E-state index contributed by atoms with van der Waals surface area (Å²) in [6.45, 7) is 0.754. The van der Waals surface area contributed by atoms with Gasteiger partial charge in [-0.3, -0.25) is 4.79 Å². The predicted octanol–water partition coefficient (Wildman–Crippen LogP) is 2.75. The highest BCUT2D eigenvalue weighted by molar-refractivity contribution is 5.86. The molecule has 0 aromatic heterocycles. The number of rotatable bonds is 6. The van der Waals surface area contributed by atoms with Crippen LogP contribution >= 0.6 is 0 Å². The average molecular weight is 304 g/mol. The molecule has 1 aromatic rings. The van der Waals surface area contributed by atoms with Gasteiger partial charge in [0.2, 0.25) is 5.91 Å². The quantitative estimate of drug-likeness (QED) is 0.879. The Hall–Kier alpha value is -1.55. The molecule has 1 aliphatic rings. The van der Waals surface area contributed by atoms with Gasteiger partial charge in [0.05, 0.1) is 12.6 Å². The number of carbonyl (C=O) groups excluding carboxylic acids is 1. The average Bonchev–Trinajstić information content (AvgIpc) is 2.55. The van der Waals surface area contributed by atoms with Gasteiger partial charge in [0, 0.05) is 13.6 Å². The van der Waals surface area contributed by atoms with Crippen LogP contribution in [-0.4, -0.2) is 37.0 Å². The maximum Gasteiger partial charge on any atom is 0.242 e. The molecular weight excluding hydrogens is 276 g/mol. The number of amides is 1. The van der Waals surface area contributed by atoms with Gasteiger partial charge in [-0.15, -0.1) is 0 Å². The van der Waals surface area contributed by atoms with Gasteiger partial charge in [-0.1, -0.05) is 31.4 Å². The van der Waals surface area contributed by atoms with Crippen molar-refractivity contribution >= 4 is 5.91 Å². The van der Waals surface area contributed by atoms with E-state index in [1.165, 1.54) is 12.0 Å². The first kappa shape index (κ1) is 16.8. The number of benzene rings is 1. The second-order valence-corrected chi connectivity index (χ2v) is 6.40. The highest BCUT2D eigenvalue weighted by atomic mass is 16.5. The summed E-state index contributed by atoms with van der Waals surface area (Å²) < 4.78 is 5.15.